The molecule has 4 N–H and O–H groups in total. The molecule has 0 saturated carbocycles. The molecular weight excluding hydrogens is 454 g/mol. The van der Waals surface area contributed by atoms with Crippen molar-refractivity contribution in [3.63, 3.8) is 0 Å². The Kier molecular flexibility index (Phi) is 6.04. The molecule has 10 heteroatoms. The summed E-state index contributed by atoms with van der Waals surface area (Å²) in [5.74, 6) is -0.389. The van der Waals surface area contributed by atoms with Crippen LogP contribution in [-0.2, 0) is 0 Å². The van der Waals surface area contributed by atoms with Crippen molar-refractivity contribution in [3.8, 4) is 28.4 Å². The van der Waals surface area contributed by atoms with Gasteiger partial charge in [0.1, 0.15) is 5.69 Å². The molecule has 5 rings (SSSR count). The minimum atomic E-state index is -0.422. The van der Waals surface area contributed by atoms with Crippen LogP contribution in [-0.4, -0.2) is 62.4 Å². The molecule has 0 unspecified atom stereocenters. The van der Waals surface area contributed by atoms with Gasteiger partial charge in [0, 0.05) is 22.6 Å². The average Bonchev–Trinajstić information content (AvgIpc) is 3.32. The molecule has 0 radical (unpaired) electrons. The molecule has 0 bridgehead atoms. The number of hydrogen-bond acceptors (Lipinski definition) is 6. The highest BCUT2D eigenvalue weighted by Crippen LogP contribution is 2.36. The number of fused-ring (bicyclic) bond motifs is 1. The summed E-state index contributed by atoms with van der Waals surface area (Å²) < 4.78 is 0. The van der Waals surface area contributed by atoms with Crippen LogP contribution in [0.1, 0.15) is 12.8 Å². The van der Waals surface area contributed by atoms with Gasteiger partial charge in [-0.2, -0.15) is 5.10 Å². The highest BCUT2D eigenvalue weighted by Gasteiger charge is 2.22. The summed E-state index contributed by atoms with van der Waals surface area (Å²) in [7, 11) is 2.06. The van der Waals surface area contributed by atoms with E-state index in [1.165, 1.54) is 0 Å². The molecule has 0 atom stereocenters. The molecule has 2 amide bonds. The third kappa shape index (κ3) is 4.52. The maximum absolute atomic E-state index is 12.6. The number of likely N-dealkylation sites (tertiary alicyclic amines) is 1. The molecule has 0 spiro atoms. The highest BCUT2D eigenvalue weighted by atomic mass is 35.5. The summed E-state index contributed by atoms with van der Waals surface area (Å²) in [5.41, 5.74) is 3.12. The van der Waals surface area contributed by atoms with Gasteiger partial charge in [-0.1, -0.05) is 41.9 Å². The Morgan fingerprint density at radius 2 is 1.85 bits per heavy atom. The van der Waals surface area contributed by atoms with Crippen LogP contribution in [0.15, 0.2) is 48.7 Å². The first-order chi connectivity index (χ1) is 16.5. The van der Waals surface area contributed by atoms with Gasteiger partial charge < -0.3 is 15.3 Å². The van der Waals surface area contributed by atoms with E-state index in [2.05, 4.69) is 42.7 Å². The maximum atomic E-state index is 12.6. The molecule has 174 valence electrons. The molecule has 1 fully saturated rings. The fraction of sp³-hybridized carbons (Fsp3) is 0.250. The second-order valence-corrected chi connectivity index (χ2v) is 8.83. The summed E-state index contributed by atoms with van der Waals surface area (Å²) in [4.78, 5) is 23.9. The SMILES string of the molecule is CN1CCC(NC(=O)Nc2nc(-c3ccccc3)c(-c3cc(Cl)c4[nH]ncc4c3)nc2O)CC1. The Hall–Kier alpha value is -3.69. The fourth-order valence-electron chi connectivity index (χ4n) is 4.14. The molecule has 0 aliphatic carbocycles. The molecule has 2 aromatic carbocycles. The van der Waals surface area contributed by atoms with Crippen molar-refractivity contribution in [1.29, 1.82) is 0 Å². The molecule has 3 heterocycles. The Labute approximate surface area is 201 Å². The molecule has 34 heavy (non-hydrogen) atoms. The van der Waals surface area contributed by atoms with E-state index < -0.39 is 6.03 Å². The second kappa shape index (κ2) is 9.28. The van der Waals surface area contributed by atoms with E-state index in [9.17, 15) is 9.90 Å². The lowest BCUT2D eigenvalue weighted by molar-refractivity contribution is 0.221. The van der Waals surface area contributed by atoms with Gasteiger partial charge in [-0.25, -0.2) is 14.8 Å². The third-order valence-electron chi connectivity index (χ3n) is 5.98. The first-order valence-corrected chi connectivity index (χ1v) is 11.4. The van der Waals surface area contributed by atoms with Crippen molar-refractivity contribution >= 4 is 34.4 Å². The lowest BCUT2D eigenvalue weighted by atomic mass is 10.0. The van der Waals surface area contributed by atoms with E-state index in [0.29, 0.717) is 27.5 Å². The van der Waals surface area contributed by atoms with Gasteiger partial charge in [-0.05, 0) is 45.1 Å². The number of nitrogens with one attached hydrogen (secondary N) is 3. The third-order valence-corrected chi connectivity index (χ3v) is 6.28. The van der Waals surface area contributed by atoms with E-state index in [1.54, 1.807) is 12.3 Å². The lowest BCUT2D eigenvalue weighted by Gasteiger charge is -2.29. The monoisotopic (exact) mass is 477 g/mol. The van der Waals surface area contributed by atoms with Crippen LogP contribution in [0.5, 0.6) is 5.88 Å². The van der Waals surface area contributed by atoms with E-state index in [4.69, 9.17) is 11.6 Å². The number of aromatic nitrogens is 4. The van der Waals surface area contributed by atoms with Crippen molar-refractivity contribution in [1.82, 2.24) is 30.4 Å². The second-order valence-electron chi connectivity index (χ2n) is 8.43. The van der Waals surface area contributed by atoms with Crippen LogP contribution in [0.25, 0.3) is 33.4 Å². The van der Waals surface area contributed by atoms with Crippen molar-refractivity contribution < 1.29 is 9.90 Å². The minimum Gasteiger partial charge on any atom is -0.491 e. The minimum absolute atomic E-state index is 0.0106. The first-order valence-electron chi connectivity index (χ1n) is 11.0. The summed E-state index contributed by atoms with van der Waals surface area (Å²) >= 11 is 6.44. The van der Waals surface area contributed by atoms with Gasteiger partial charge in [0.2, 0.25) is 0 Å². The van der Waals surface area contributed by atoms with E-state index >= 15 is 0 Å². The van der Waals surface area contributed by atoms with E-state index in [1.807, 2.05) is 36.4 Å². The number of H-pyrrole nitrogens is 1. The number of urea groups is 1. The number of carbonyl (C=O) groups is 1. The lowest BCUT2D eigenvalue weighted by Crippen LogP contribution is -2.45. The Bertz CT molecular complexity index is 1330. The zero-order valence-corrected chi connectivity index (χ0v) is 19.3. The molecule has 4 aromatic rings. The van der Waals surface area contributed by atoms with Gasteiger partial charge >= 0.3 is 6.03 Å². The number of rotatable bonds is 4. The Balaban J connectivity index is 1.50. The van der Waals surface area contributed by atoms with Gasteiger partial charge in [-0.15, -0.1) is 0 Å². The number of anilines is 1. The summed E-state index contributed by atoms with van der Waals surface area (Å²) in [6.45, 7) is 1.85. The van der Waals surface area contributed by atoms with Crippen LogP contribution >= 0.6 is 11.6 Å². The van der Waals surface area contributed by atoms with Gasteiger partial charge in [-0.3, -0.25) is 10.4 Å². The largest absolute Gasteiger partial charge is 0.491 e. The standard InChI is InChI=1S/C24H24ClN7O2/c1-32-9-7-17(8-10-32)27-24(34)30-22-23(33)29-21(20(28-22)14-5-3-2-4-6-14)15-11-16-13-26-31-19(16)18(25)12-15/h2-6,11-13,17H,7-10H2,1H3,(H,26,31)(H,29,33)(H2,27,28,30,34). The maximum Gasteiger partial charge on any atom is 0.320 e. The number of aromatic amines is 1. The van der Waals surface area contributed by atoms with Crippen LogP contribution in [0, 0.1) is 0 Å². The van der Waals surface area contributed by atoms with E-state index in [-0.39, 0.29) is 17.7 Å². The van der Waals surface area contributed by atoms with Gasteiger partial charge in [0.25, 0.3) is 5.88 Å². The Morgan fingerprint density at radius 1 is 1.12 bits per heavy atom. The predicted octanol–water partition coefficient (Wildman–Crippen LogP) is 4.26. The fourth-order valence-corrected chi connectivity index (χ4v) is 4.41. The van der Waals surface area contributed by atoms with Crippen molar-refractivity contribution in [2.75, 3.05) is 25.5 Å². The number of carbonyl (C=O) groups excluding carboxylic acids is 1. The molecular formula is C24H24ClN7O2. The Morgan fingerprint density at radius 3 is 2.62 bits per heavy atom. The van der Waals surface area contributed by atoms with Crippen LogP contribution in [0.3, 0.4) is 0 Å². The number of benzene rings is 2. The molecule has 9 nitrogen and oxygen atoms in total. The number of aromatic hydroxyl groups is 1. The van der Waals surface area contributed by atoms with Gasteiger partial charge in [0.15, 0.2) is 5.82 Å². The van der Waals surface area contributed by atoms with E-state index in [0.717, 1.165) is 36.9 Å². The van der Waals surface area contributed by atoms with Crippen molar-refractivity contribution in [2.45, 2.75) is 18.9 Å². The van der Waals surface area contributed by atoms with Crippen LogP contribution < -0.4 is 10.6 Å². The van der Waals surface area contributed by atoms with Crippen LogP contribution in [0.2, 0.25) is 5.02 Å². The number of piperidine rings is 1. The van der Waals surface area contributed by atoms with Crippen LogP contribution in [0.4, 0.5) is 10.6 Å². The molecule has 1 saturated heterocycles. The zero-order valence-electron chi connectivity index (χ0n) is 18.5. The predicted molar refractivity (Wildman–Crippen MR) is 132 cm³/mol. The number of halogens is 1. The van der Waals surface area contributed by atoms with Gasteiger partial charge in [0.05, 0.1) is 22.4 Å². The first kappa shape index (κ1) is 22.1. The summed E-state index contributed by atoms with van der Waals surface area (Å²) in [6.07, 6.45) is 3.41. The molecule has 1 aliphatic heterocycles. The van der Waals surface area contributed by atoms with Crippen molar-refractivity contribution in [2.24, 2.45) is 0 Å². The summed E-state index contributed by atoms with van der Waals surface area (Å²) in [5, 5.41) is 24.5. The summed E-state index contributed by atoms with van der Waals surface area (Å²) in [6, 6.07) is 12.7. The normalized spacial score (nSPS) is 14.9. The zero-order chi connectivity index (χ0) is 23.7. The average molecular weight is 478 g/mol. The quantitative estimate of drug-likeness (QED) is 0.348. The topological polar surface area (TPSA) is 119 Å². The number of amides is 2. The number of nitrogens with zero attached hydrogens (tertiary/aromatic N) is 4. The van der Waals surface area contributed by atoms with Crippen molar-refractivity contribution in [3.05, 3.63) is 53.7 Å². The highest BCUT2D eigenvalue weighted by molar-refractivity contribution is 6.35. The molecule has 2 aromatic heterocycles. The molecule has 1 aliphatic rings. The number of hydrogen-bond donors (Lipinski definition) is 4. The smallest absolute Gasteiger partial charge is 0.320 e.